The van der Waals surface area contributed by atoms with Crippen LogP contribution in [0.15, 0.2) is 18.2 Å². The Morgan fingerprint density at radius 1 is 1.05 bits per heavy atom. The number of alkyl halides is 3. The van der Waals surface area contributed by atoms with Crippen LogP contribution in [0, 0.1) is 18.6 Å². The van der Waals surface area contributed by atoms with E-state index in [0.29, 0.717) is 5.56 Å². The van der Waals surface area contributed by atoms with Crippen LogP contribution in [0.4, 0.5) is 27.9 Å². The molecule has 0 radical (unpaired) electrons. The Labute approximate surface area is 116 Å². The zero-order valence-corrected chi connectivity index (χ0v) is 10.7. The molecule has 1 aromatic heterocycles. The number of aromatic nitrogens is 3. The highest BCUT2D eigenvalue weighted by Gasteiger charge is 2.35. The van der Waals surface area contributed by atoms with Gasteiger partial charge in [0, 0.05) is 6.54 Å². The van der Waals surface area contributed by atoms with E-state index in [0.717, 1.165) is 12.1 Å². The van der Waals surface area contributed by atoms with Gasteiger partial charge in [0.1, 0.15) is 5.82 Å². The summed E-state index contributed by atoms with van der Waals surface area (Å²) >= 11 is 0. The van der Waals surface area contributed by atoms with E-state index >= 15 is 0 Å². The van der Waals surface area contributed by atoms with Crippen LogP contribution in [-0.4, -0.2) is 15.0 Å². The molecule has 0 saturated heterocycles. The molecule has 0 unspecified atom stereocenters. The lowest BCUT2D eigenvalue weighted by molar-refractivity contribution is -0.145. The summed E-state index contributed by atoms with van der Waals surface area (Å²) < 4.78 is 63.4. The van der Waals surface area contributed by atoms with Crippen LogP contribution in [0.25, 0.3) is 0 Å². The number of anilines is 1. The molecule has 9 heteroatoms. The normalized spacial score (nSPS) is 11.5. The Bertz CT molecular complexity index is 657. The Morgan fingerprint density at radius 2 is 1.76 bits per heavy atom. The van der Waals surface area contributed by atoms with Crippen molar-refractivity contribution in [1.82, 2.24) is 15.0 Å². The van der Waals surface area contributed by atoms with E-state index in [4.69, 9.17) is 0 Å². The lowest BCUT2D eigenvalue weighted by atomic mass is 10.2. The summed E-state index contributed by atoms with van der Waals surface area (Å²) in [5.74, 6) is -3.77. The minimum absolute atomic E-state index is 0.0576. The van der Waals surface area contributed by atoms with Gasteiger partial charge in [-0.3, -0.25) is 0 Å². The third-order valence-corrected chi connectivity index (χ3v) is 2.44. The second-order valence-electron chi connectivity index (χ2n) is 4.13. The van der Waals surface area contributed by atoms with E-state index in [1.54, 1.807) is 0 Å². The van der Waals surface area contributed by atoms with Gasteiger partial charge in [-0.1, -0.05) is 6.07 Å². The van der Waals surface area contributed by atoms with Gasteiger partial charge in [0.05, 0.1) is 0 Å². The molecule has 0 spiro atoms. The number of aryl methyl sites for hydroxylation is 1. The topological polar surface area (TPSA) is 50.7 Å². The summed E-state index contributed by atoms with van der Waals surface area (Å²) in [5, 5.41) is 2.51. The van der Waals surface area contributed by atoms with Gasteiger partial charge in [-0.05, 0) is 24.6 Å². The standard InChI is InChI=1S/C12H9F5N4/c1-6-19-10(12(15,16)17)21-11(20-6)18-5-7-2-3-8(13)9(14)4-7/h2-4H,5H2,1H3,(H,18,19,20,21). The van der Waals surface area contributed by atoms with Crippen LogP contribution in [0.5, 0.6) is 0 Å². The number of rotatable bonds is 3. The molecule has 1 aromatic carbocycles. The summed E-state index contributed by atoms with van der Waals surface area (Å²) in [6.45, 7) is 1.23. The summed E-state index contributed by atoms with van der Waals surface area (Å²) in [7, 11) is 0. The first kappa shape index (κ1) is 15.1. The lowest BCUT2D eigenvalue weighted by Crippen LogP contribution is -2.15. The first-order chi connectivity index (χ1) is 9.75. The molecule has 0 saturated carbocycles. The quantitative estimate of drug-likeness (QED) is 0.885. The van der Waals surface area contributed by atoms with Gasteiger partial charge < -0.3 is 5.32 Å². The molecule has 0 amide bonds. The van der Waals surface area contributed by atoms with Crippen molar-refractivity contribution < 1.29 is 22.0 Å². The van der Waals surface area contributed by atoms with Gasteiger partial charge in [0.2, 0.25) is 11.8 Å². The fourth-order valence-electron chi connectivity index (χ4n) is 1.52. The number of halogens is 5. The van der Waals surface area contributed by atoms with Crippen molar-refractivity contribution in [3.05, 3.63) is 47.0 Å². The number of benzene rings is 1. The van der Waals surface area contributed by atoms with Gasteiger partial charge >= 0.3 is 6.18 Å². The summed E-state index contributed by atoms with van der Waals surface area (Å²) in [5.41, 5.74) is 0.334. The van der Waals surface area contributed by atoms with Gasteiger partial charge in [-0.2, -0.15) is 23.1 Å². The van der Waals surface area contributed by atoms with Crippen molar-refractivity contribution in [2.45, 2.75) is 19.6 Å². The highest BCUT2D eigenvalue weighted by Crippen LogP contribution is 2.26. The van der Waals surface area contributed by atoms with Gasteiger partial charge in [0.15, 0.2) is 11.6 Å². The molecule has 2 aromatic rings. The summed E-state index contributed by atoms with van der Waals surface area (Å²) in [6, 6.07) is 3.15. The fourth-order valence-corrected chi connectivity index (χ4v) is 1.52. The van der Waals surface area contributed by atoms with Gasteiger partial charge in [-0.25, -0.2) is 13.8 Å². The zero-order valence-electron chi connectivity index (χ0n) is 10.7. The Hall–Kier alpha value is -2.32. The molecule has 0 fully saturated rings. The van der Waals surface area contributed by atoms with Crippen LogP contribution < -0.4 is 5.32 Å². The average Bonchev–Trinajstić information content (AvgIpc) is 2.38. The smallest absolute Gasteiger partial charge is 0.350 e. The highest BCUT2D eigenvalue weighted by molar-refractivity contribution is 5.28. The van der Waals surface area contributed by atoms with E-state index in [1.807, 2.05) is 0 Å². The SMILES string of the molecule is Cc1nc(NCc2ccc(F)c(F)c2)nc(C(F)(F)F)n1. The van der Waals surface area contributed by atoms with Crippen LogP contribution in [0.2, 0.25) is 0 Å². The molecule has 4 nitrogen and oxygen atoms in total. The van der Waals surface area contributed by atoms with E-state index in [2.05, 4.69) is 20.3 Å². The Balaban J connectivity index is 2.16. The Morgan fingerprint density at radius 3 is 2.38 bits per heavy atom. The summed E-state index contributed by atoms with van der Waals surface area (Å²) in [6.07, 6.45) is -4.69. The van der Waals surface area contributed by atoms with Gasteiger partial charge in [0.25, 0.3) is 0 Å². The second-order valence-corrected chi connectivity index (χ2v) is 4.13. The third kappa shape index (κ3) is 3.83. The van der Waals surface area contributed by atoms with E-state index in [-0.39, 0.29) is 18.3 Å². The predicted molar refractivity (Wildman–Crippen MR) is 63.3 cm³/mol. The molecule has 0 aliphatic carbocycles. The van der Waals surface area contributed by atoms with Gasteiger partial charge in [-0.15, -0.1) is 0 Å². The maximum Gasteiger partial charge on any atom is 0.451 e. The lowest BCUT2D eigenvalue weighted by Gasteiger charge is -2.09. The predicted octanol–water partition coefficient (Wildman–Crippen LogP) is 3.09. The number of hydrogen-bond acceptors (Lipinski definition) is 4. The van der Waals surface area contributed by atoms with Crippen LogP contribution in [0.3, 0.4) is 0 Å². The third-order valence-electron chi connectivity index (χ3n) is 2.44. The minimum atomic E-state index is -4.69. The largest absolute Gasteiger partial charge is 0.451 e. The van der Waals surface area contributed by atoms with Crippen molar-refractivity contribution in [3.8, 4) is 0 Å². The van der Waals surface area contributed by atoms with Crippen molar-refractivity contribution in [2.24, 2.45) is 0 Å². The molecular formula is C12H9F5N4. The molecule has 1 heterocycles. The van der Waals surface area contributed by atoms with E-state index in [9.17, 15) is 22.0 Å². The first-order valence-corrected chi connectivity index (χ1v) is 5.73. The fraction of sp³-hybridized carbons (Fsp3) is 0.250. The molecule has 0 bridgehead atoms. The summed E-state index contributed by atoms with van der Waals surface area (Å²) in [4.78, 5) is 10.1. The number of nitrogens with zero attached hydrogens (tertiary/aromatic N) is 3. The molecule has 0 atom stereocenters. The maximum atomic E-state index is 13.0. The maximum absolute atomic E-state index is 13.0. The second kappa shape index (κ2) is 5.58. The minimum Gasteiger partial charge on any atom is -0.350 e. The molecule has 0 aliphatic heterocycles. The van der Waals surface area contributed by atoms with Crippen LogP contribution in [-0.2, 0) is 12.7 Å². The first-order valence-electron chi connectivity index (χ1n) is 5.73. The van der Waals surface area contributed by atoms with Crippen molar-refractivity contribution in [2.75, 3.05) is 5.32 Å². The van der Waals surface area contributed by atoms with Crippen molar-refractivity contribution in [3.63, 3.8) is 0 Å². The highest BCUT2D eigenvalue weighted by atomic mass is 19.4. The monoisotopic (exact) mass is 304 g/mol. The van der Waals surface area contributed by atoms with Crippen molar-refractivity contribution >= 4 is 5.95 Å². The molecule has 1 N–H and O–H groups in total. The van der Waals surface area contributed by atoms with E-state index < -0.39 is 23.6 Å². The number of nitrogens with one attached hydrogen (secondary N) is 1. The van der Waals surface area contributed by atoms with Crippen molar-refractivity contribution in [1.29, 1.82) is 0 Å². The molecule has 112 valence electrons. The van der Waals surface area contributed by atoms with Crippen LogP contribution in [0.1, 0.15) is 17.2 Å². The molecule has 0 aliphatic rings. The van der Waals surface area contributed by atoms with Crippen LogP contribution >= 0.6 is 0 Å². The Kier molecular flexibility index (Phi) is 4.01. The average molecular weight is 304 g/mol. The van der Waals surface area contributed by atoms with E-state index in [1.165, 1.54) is 13.0 Å². The zero-order chi connectivity index (χ0) is 15.6. The molecule has 2 rings (SSSR count). The molecule has 21 heavy (non-hydrogen) atoms. The molecular weight excluding hydrogens is 295 g/mol. The number of hydrogen-bond donors (Lipinski definition) is 1.